The third kappa shape index (κ3) is 15.8. The lowest BCUT2D eigenvalue weighted by Gasteiger charge is -2.24. The zero-order valence-corrected chi connectivity index (χ0v) is 12.9. The lowest BCUT2D eigenvalue weighted by atomic mass is 10.1. The molecule has 2 heterocycles. The Hall–Kier alpha value is -0.160. The van der Waals surface area contributed by atoms with Crippen LogP contribution < -0.4 is 5.32 Å². The van der Waals surface area contributed by atoms with Crippen molar-refractivity contribution in [3.63, 3.8) is 0 Å². The van der Waals surface area contributed by atoms with Gasteiger partial charge in [0, 0.05) is 12.1 Å². The van der Waals surface area contributed by atoms with Crippen molar-refractivity contribution in [1.82, 2.24) is 10.2 Å². The van der Waals surface area contributed by atoms with Crippen LogP contribution in [0.5, 0.6) is 0 Å². The summed E-state index contributed by atoms with van der Waals surface area (Å²) in [6.07, 6.45) is 3.81. The Labute approximate surface area is 113 Å². The highest BCUT2D eigenvalue weighted by atomic mass is 16.3. The molecule has 1 atom stereocenters. The van der Waals surface area contributed by atoms with Crippen molar-refractivity contribution in [3.05, 3.63) is 0 Å². The molecule has 0 aromatic heterocycles. The number of nitrogens with zero attached hydrogens (tertiary/aromatic N) is 1. The third-order valence-corrected chi connectivity index (χ3v) is 2.48. The molecule has 0 aliphatic carbocycles. The Morgan fingerprint density at radius 2 is 1.61 bits per heavy atom. The lowest BCUT2D eigenvalue weighted by molar-refractivity contribution is 0.199. The van der Waals surface area contributed by atoms with E-state index >= 15 is 0 Å². The number of aliphatic hydroxyl groups excluding tert-OH is 2. The van der Waals surface area contributed by atoms with Crippen LogP contribution in [0.15, 0.2) is 0 Å². The summed E-state index contributed by atoms with van der Waals surface area (Å²) in [5.74, 6) is 0. The second-order valence-corrected chi connectivity index (χ2v) is 4.73. The first kappa shape index (κ1) is 20.2. The zero-order chi connectivity index (χ0) is 14.4. The quantitative estimate of drug-likeness (QED) is 0.670. The van der Waals surface area contributed by atoms with Gasteiger partial charge in [-0.1, -0.05) is 13.8 Å². The molecule has 2 fully saturated rings. The smallest absolute Gasteiger partial charge is 0.0585 e. The van der Waals surface area contributed by atoms with Crippen molar-refractivity contribution in [2.75, 3.05) is 33.3 Å². The average Bonchev–Trinajstić information content (AvgIpc) is 2.71. The highest BCUT2D eigenvalue weighted by Crippen LogP contribution is 2.02. The highest BCUT2D eigenvalue weighted by molar-refractivity contribution is 4.75. The van der Waals surface area contributed by atoms with Crippen LogP contribution in [0.1, 0.15) is 47.0 Å². The van der Waals surface area contributed by atoms with E-state index in [1.807, 2.05) is 13.8 Å². The number of aliphatic hydroxyl groups is 2. The number of rotatable bonds is 1. The molecule has 0 spiro atoms. The molecule has 2 aliphatic heterocycles. The maximum atomic E-state index is 8.32. The predicted octanol–water partition coefficient (Wildman–Crippen LogP) is 1.47. The predicted molar refractivity (Wildman–Crippen MR) is 78.9 cm³/mol. The molecular weight excluding hydrogens is 228 g/mol. The van der Waals surface area contributed by atoms with E-state index in [4.69, 9.17) is 10.2 Å². The second kappa shape index (κ2) is 14.9. The Morgan fingerprint density at radius 1 is 1.22 bits per heavy atom. The van der Waals surface area contributed by atoms with E-state index < -0.39 is 0 Å². The summed E-state index contributed by atoms with van der Waals surface area (Å²) in [5.41, 5.74) is 0. The van der Waals surface area contributed by atoms with E-state index in [0.29, 0.717) is 12.6 Å². The van der Waals surface area contributed by atoms with Crippen molar-refractivity contribution < 1.29 is 10.2 Å². The molecule has 0 bridgehead atoms. The van der Waals surface area contributed by atoms with E-state index in [0.717, 1.165) is 13.0 Å². The van der Waals surface area contributed by atoms with E-state index in [9.17, 15) is 0 Å². The summed E-state index contributed by atoms with van der Waals surface area (Å²) in [4.78, 5) is 2.36. The van der Waals surface area contributed by atoms with Crippen LogP contribution >= 0.6 is 0 Å². The summed E-state index contributed by atoms with van der Waals surface area (Å²) < 4.78 is 0. The Bertz CT molecular complexity index is 139. The molecule has 0 radical (unpaired) electrons. The second-order valence-electron chi connectivity index (χ2n) is 4.73. The maximum absolute atomic E-state index is 8.32. The Balaban J connectivity index is 0. The molecule has 4 heteroatoms. The van der Waals surface area contributed by atoms with Crippen molar-refractivity contribution in [1.29, 1.82) is 0 Å². The Kier molecular flexibility index (Phi) is 16.7. The molecular formula is C14H34N2O2. The van der Waals surface area contributed by atoms with Gasteiger partial charge in [0.15, 0.2) is 0 Å². The normalized spacial score (nSPS) is 21.7. The molecule has 0 saturated carbocycles. The van der Waals surface area contributed by atoms with Gasteiger partial charge in [0.2, 0.25) is 0 Å². The van der Waals surface area contributed by atoms with Crippen LogP contribution in [0.4, 0.5) is 0 Å². The van der Waals surface area contributed by atoms with Gasteiger partial charge in [-0.05, 0) is 59.8 Å². The third-order valence-electron chi connectivity index (χ3n) is 2.48. The van der Waals surface area contributed by atoms with Crippen molar-refractivity contribution in [2.24, 2.45) is 0 Å². The summed E-state index contributed by atoms with van der Waals surface area (Å²) in [5, 5.41) is 19.4. The van der Waals surface area contributed by atoms with E-state index in [2.05, 4.69) is 17.3 Å². The van der Waals surface area contributed by atoms with Crippen LogP contribution in [0.2, 0.25) is 0 Å². The average molecular weight is 262 g/mol. The summed E-state index contributed by atoms with van der Waals surface area (Å²) in [6.45, 7) is 11.5. The van der Waals surface area contributed by atoms with Gasteiger partial charge in [0.05, 0.1) is 6.61 Å². The minimum atomic E-state index is -0.167. The number of hydrogen-bond donors (Lipinski definition) is 3. The van der Waals surface area contributed by atoms with Crippen molar-refractivity contribution >= 4 is 0 Å². The van der Waals surface area contributed by atoms with Crippen molar-refractivity contribution in [2.45, 2.75) is 59.1 Å². The standard InChI is InChI=1S/C5H11N.C4H9NO.C3H8O.C2H6/c1-6-4-2-3-5-6;6-3-4-1-2-5-4;1-3(2)4;1-2/h2-5H2,1H3;4-6H,1-3H2;3-4H,1-2H3;1-2H3. The van der Waals surface area contributed by atoms with Crippen LogP contribution in [0.3, 0.4) is 0 Å². The monoisotopic (exact) mass is 262 g/mol. The van der Waals surface area contributed by atoms with Crippen LogP contribution in [0, 0.1) is 0 Å². The van der Waals surface area contributed by atoms with Gasteiger partial charge in [-0.2, -0.15) is 0 Å². The van der Waals surface area contributed by atoms with Crippen LogP contribution in [-0.2, 0) is 0 Å². The van der Waals surface area contributed by atoms with Gasteiger partial charge < -0.3 is 20.4 Å². The molecule has 18 heavy (non-hydrogen) atoms. The van der Waals surface area contributed by atoms with Crippen LogP contribution in [-0.4, -0.2) is 60.5 Å². The zero-order valence-electron chi connectivity index (χ0n) is 12.9. The van der Waals surface area contributed by atoms with Gasteiger partial charge in [-0.25, -0.2) is 0 Å². The first-order valence-electron chi connectivity index (χ1n) is 7.27. The fraction of sp³-hybridized carbons (Fsp3) is 1.00. The number of nitrogens with one attached hydrogen (secondary N) is 1. The molecule has 0 aromatic carbocycles. The SMILES string of the molecule is CC.CC(C)O.CN1CCCC1.OCC1CCN1. The van der Waals surface area contributed by atoms with E-state index in [1.165, 1.54) is 25.9 Å². The van der Waals surface area contributed by atoms with Crippen LogP contribution in [0.25, 0.3) is 0 Å². The molecule has 2 saturated heterocycles. The largest absolute Gasteiger partial charge is 0.395 e. The fourth-order valence-corrected chi connectivity index (χ4v) is 1.38. The summed E-state index contributed by atoms with van der Waals surface area (Å²) in [6, 6.07) is 0.421. The minimum absolute atomic E-state index is 0.167. The molecule has 3 N–H and O–H groups in total. The highest BCUT2D eigenvalue weighted by Gasteiger charge is 2.13. The van der Waals surface area contributed by atoms with Gasteiger partial charge in [0.25, 0.3) is 0 Å². The molecule has 2 aliphatic rings. The maximum Gasteiger partial charge on any atom is 0.0585 e. The lowest BCUT2D eigenvalue weighted by Crippen LogP contribution is -2.45. The first-order chi connectivity index (χ1) is 8.56. The first-order valence-corrected chi connectivity index (χ1v) is 7.27. The molecule has 0 aromatic rings. The molecule has 1 unspecified atom stereocenters. The molecule has 4 nitrogen and oxygen atoms in total. The molecule has 2 rings (SSSR count). The fourth-order valence-electron chi connectivity index (χ4n) is 1.38. The summed E-state index contributed by atoms with van der Waals surface area (Å²) >= 11 is 0. The summed E-state index contributed by atoms with van der Waals surface area (Å²) in [7, 11) is 2.17. The number of likely N-dealkylation sites (tertiary alicyclic amines) is 1. The molecule has 112 valence electrons. The minimum Gasteiger partial charge on any atom is -0.395 e. The number of hydrogen-bond acceptors (Lipinski definition) is 4. The topological polar surface area (TPSA) is 55.7 Å². The Morgan fingerprint density at radius 3 is 1.67 bits per heavy atom. The van der Waals surface area contributed by atoms with Gasteiger partial charge in [-0.15, -0.1) is 0 Å². The van der Waals surface area contributed by atoms with Gasteiger partial charge in [-0.3, -0.25) is 0 Å². The molecule has 0 amide bonds. The van der Waals surface area contributed by atoms with E-state index in [-0.39, 0.29) is 6.10 Å². The van der Waals surface area contributed by atoms with E-state index in [1.54, 1.807) is 13.8 Å². The van der Waals surface area contributed by atoms with Crippen molar-refractivity contribution in [3.8, 4) is 0 Å². The van der Waals surface area contributed by atoms with Gasteiger partial charge >= 0.3 is 0 Å². The van der Waals surface area contributed by atoms with Gasteiger partial charge in [0.1, 0.15) is 0 Å².